The number of hydrogen-bond donors (Lipinski definition) is 0. The van der Waals surface area contributed by atoms with Gasteiger partial charge in [0.15, 0.2) is 0 Å². The van der Waals surface area contributed by atoms with E-state index in [1.54, 1.807) is 6.20 Å². The number of alkyl halides is 1. The molecule has 0 amide bonds. The number of halogens is 3. The maximum Gasteiger partial charge on any atom is 0.148 e. The molecule has 0 unspecified atom stereocenters. The Bertz CT molecular complexity index is 511. The molecular formula is C13H10Br2ClNO. The fraction of sp³-hybridized carbons (Fsp3) is 0.154. The molecule has 1 aromatic carbocycles. The highest BCUT2D eigenvalue weighted by Crippen LogP contribution is 2.35. The van der Waals surface area contributed by atoms with E-state index in [9.17, 15) is 0 Å². The van der Waals surface area contributed by atoms with E-state index in [1.807, 2.05) is 30.3 Å². The van der Waals surface area contributed by atoms with Crippen molar-refractivity contribution >= 4 is 43.5 Å². The summed E-state index contributed by atoms with van der Waals surface area (Å²) in [4.78, 5) is 4.21. The van der Waals surface area contributed by atoms with E-state index in [4.69, 9.17) is 16.3 Å². The van der Waals surface area contributed by atoms with Gasteiger partial charge in [0.25, 0.3) is 0 Å². The smallest absolute Gasteiger partial charge is 0.148 e. The number of pyridine rings is 1. The summed E-state index contributed by atoms with van der Waals surface area (Å²) in [6, 6.07) is 9.64. The maximum atomic E-state index is 5.80. The Balaban J connectivity index is 2.15. The lowest BCUT2D eigenvalue weighted by molar-refractivity contribution is 0.297. The highest BCUT2D eigenvalue weighted by atomic mass is 79.9. The topological polar surface area (TPSA) is 22.1 Å². The van der Waals surface area contributed by atoms with Crippen LogP contribution in [0.2, 0.25) is 0 Å². The van der Waals surface area contributed by atoms with Crippen LogP contribution in [-0.2, 0) is 12.5 Å². The normalized spacial score (nSPS) is 10.4. The lowest BCUT2D eigenvalue weighted by atomic mass is 10.2. The summed E-state index contributed by atoms with van der Waals surface area (Å²) in [7, 11) is 0. The van der Waals surface area contributed by atoms with E-state index in [1.165, 1.54) is 0 Å². The zero-order valence-corrected chi connectivity index (χ0v) is 13.3. The molecular weight excluding hydrogens is 381 g/mol. The summed E-state index contributed by atoms with van der Waals surface area (Å²) in [5.74, 6) is 1.23. The minimum Gasteiger partial charge on any atom is -0.485 e. The molecule has 0 aliphatic heterocycles. The van der Waals surface area contributed by atoms with E-state index >= 15 is 0 Å². The van der Waals surface area contributed by atoms with Crippen LogP contribution in [0.4, 0.5) is 0 Å². The van der Waals surface area contributed by atoms with Gasteiger partial charge in [-0.05, 0) is 61.7 Å². The first-order valence-corrected chi connectivity index (χ1v) is 7.39. The lowest BCUT2D eigenvalue weighted by Crippen LogP contribution is -1.99. The summed E-state index contributed by atoms with van der Waals surface area (Å²) in [5.41, 5.74) is 1.92. The quantitative estimate of drug-likeness (QED) is 0.690. The minimum atomic E-state index is 0.429. The van der Waals surface area contributed by atoms with Crippen molar-refractivity contribution in [3.8, 4) is 5.75 Å². The van der Waals surface area contributed by atoms with Crippen LogP contribution in [0.3, 0.4) is 0 Å². The van der Waals surface area contributed by atoms with Gasteiger partial charge in [-0.2, -0.15) is 0 Å². The van der Waals surface area contributed by atoms with Gasteiger partial charge in [-0.1, -0.05) is 6.07 Å². The summed E-state index contributed by atoms with van der Waals surface area (Å²) < 4.78 is 7.51. The zero-order chi connectivity index (χ0) is 13.0. The number of hydrogen-bond acceptors (Lipinski definition) is 2. The van der Waals surface area contributed by atoms with Crippen molar-refractivity contribution in [2.24, 2.45) is 0 Å². The SMILES string of the molecule is ClCc1cc(Br)c(OCc2ccccn2)c(Br)c1. The molecule has 0 aliphatic rings. The van der Waals surface area contributed by atoms with Gasteiger partial charge in [0.1, 0.15) is 12.4 Å². The standard InChI is InChI=1S/C13H10Br2ClNO/c14-11-5-9(7-16)6-12(15)13(11)18-8-10-3-1-2-4-17-10/h1-6H,7-8H2. The van der Waals surface area contributed by atoms with E-state index in [2.05, 4.69) is 36.8 Å². The highest BCUT2D eigenvalue weighted by Gasteiger charge is 2.09. The number of benzene rings is 1. The third-order valence-electron chi connectivity index (χ3n) is 2.30. The molecule has 0 saturated carbocycles. The molecule has 0 aliphatic carbocycles. The lowest BCUT2D eigenvalue weighted by Gasteiger charge is -2.11. The molecule has 0 N–H and O–H groups in total. The summed E-state index contributed by atoms with van der Waals surface area (Å²) in [6.45, 7) is 0.429. The van der Waals surface area contributed by atoms with Crippen LogP contribution in [0, 0.1) is 0 Å². The van der Waals surface area contributed by atoms with Crippen LogP contribution >= 0.6 is 43.5 Å². The number of ether oxygens (including phenoxy) is 1. The molecule has 0 saturated heterocycles. The van der Waals surface area contributed by atoms with Crippen molar-refractivity contribution < 1.29 is 4.74 Å². The summed E-state index contributed by atoms with van der Waals surface area (Å²) >= 11 is 12.8. The largest absolute Gasteiger partial charge is 0.485 e. The molecule has 2 aromatic rings. The Kier molecular flexibility index (Phi) is 5.03. The van der Waals surface area contributed by atoms with Crippen LogP contribution in [0.1, 0.15) is 11.3 Å². The third-order valence-corrected chi connectivity index (χ3v) is 3.79. The van der Waals surface area contributed by atoms with Gasteiger partial charge in [-0.3, -0.25) is 4.98 Å². The predicted octanol–water partition coefficient (Wildman–Crippen LogP) is 4.92. The van der Waals surface area contributed by atoms with Crippen molar-refractivity contribution in [1.29, 1.82) is 0 Å². The Labute approximate surface area is 128 Å². The molecule has 1 heterocycles. The first-order valence-electron chi connectivity index (χ1n) is 5.27. The first-order chi connectivity index (χ1) is 8.70. The second kappa shape index (κ2) is 6.55. The Morgan fingerprint density at radius 3 is 2.44 bits per heavy atom. The van der Waals surface area contributed by atoms with Gasteiger partial charge >= 0.3 is 0 Å². The monoisotopic (exact) mass is 389 g/mol. The van der Waals surface area contributed by atoms with Gasteiger partial charge in [0.05, 0.1) is 14.6 Å². The zero-order valence-electron chi connectivity index (χ0n) is 9.37. The number of rotatable bonds is 4. The Morgan fingerprint density at radius 2 is 1.89 bits per heavy atom. The van der Waals surface area contributed by atoms with Gasteiger partial charge in [0.2, 0.25) is 0 Å². The number of nitrogens with zero attached hydrogens (tertiary/aromatic N) is 1. The van der Waals surface area contributed by atoms with Crippen LogP contribution in [0.15, 0.2) is 45.5 Å². The first kappa shape index (κ1) is 13.8. The van der Waals surface area contributed by atoms with E-state index in [-0.39, 0.29) is 0 Å². The second-order valence-electron chi connectivity index (χ2n) is 3.63. The van der Waals surface area contributed by atoms with Gasteiger partial charge in [0, 0.05) is 12.1 Å². The van der Waals surface area contributed by atoms with E-state index in [0.29, 0.717) is 12.5 Å². The molecule has 0 atom stereocenters. The molecule has 1 aromatic heterocycles. The van der Waals surface area contributed by atoms with Crippen molar-refractivity contribution in [3.63, 3.8) is 0 Å². The van der Waals surface area contributed by atoms with Crippen molar-refractivity contribution in [2.75, 3.05) is 0 Å². The predicted molar refractivity (Wildman–Crippen MR) is 80.0 cm³/mol. The summed E-state index contributed by atoms with van der Waals surface area (Å²) in [5, 5.41) is 0. The maximum absolute atomic E-state index is 5.80. The van der Waals surface area contributed by atoms with E-state index in [0.717, 1.165) is 26.0 Å². The average molecular weight is 391 g/mol. The van der Waals surface area contributed by atoms with Crippen LogP contribution < -0.4 is 4.74 Å². The third kappa shape index (κ3) is 3.46. The van der Waals surface area contributed by atoms with E-state index < -0.39 is 0 Å². The molecule has 2 nitrogen and oxygen atoms in total. The highest BCUT2D eigenvalue weighted by molar-refractivity contribution is 9.11. The van der Waals surface area contributed by atoms with Crippen LogP contribution in [-0.4, -0.2) is 4.98 Å². The van der Waals surface area contributed by atoms with Gasteiger partial charge in [-0.15, -0.1) is 11.6 Å². The molecule has 0 spiro atoms. The Morgan fingerprint density at radius 1 is 1.17 bits per heavy atom. The summed E-state index contributed by atoms with van der Waals surface area (Å²) in [6.07, 6.45) is 1.75. The second-order valence-corrected chi connectivity index (χ2v) is 5.61. The molecule has 5 heteroatoms. The van der Waals surface area contributed by atoms with Crippen molar-refractivity contribution in [3.05, 3.63) is 56.7 Å². The molecule has 2 rings (SSSR count). The van der Waals surface area contributed by atoms with Crippen molar-refractivity contribution in [2.45, 2.75) is 12.5 Å². The molecule has 18 heavy (non-hydrogen) atoms. The Hall–Kier alpha value is -0.580. The van der Waals surface area contributed by atoms with Crippen LogP contribution in [0.5, 0.6) is 5.75 Å². The van der Waals surface area contributed by atoms with Crippen LogP contribution in [0.25, 0.3) is 0 Å². The average Bonchev–Trinajstić information content (AvgIpc) is 2.38. The number of aromatic nitrogens is 1. The molecule has 0 bridgehead atoms. The fourth-order valence-corrected chi connectivity index (χ4v) is 3.12. The molecule has 0 radical (unpaired) electrons. The molecule has 94 valence electrons. The van der Waals surface area contributed by atoms with Gasteiger partial charge in [-0.25, -0.2) is 0 Å². The fourth-order valence-electron chi connectivity index (χ4n) is 1.46. The van der Waals surface area contributed by atoms with Gasteiger partial charge < -0.3 is 4.74 Å². The van der Waals surface area contributed by atoms with Crippen molar-refractivity contribution in [1.82, 2.24) is 4.98 Å². The molecule has 0 fully saturated rings. The minimum absolute atomic E-state index is 0.429.